The molecular weight excluding hydrogens is 346 g/mol. The normalized spacial score (nSPS) is 11.0. The third kappa shape index (κ3) is 3.34. The van der Waals surface area contributed by atoms with Gasteiger partial charge in [0, 0.05) is 10.7 Å². The number of thiophene rings is 1. The summed E-state index contributed by atoms with van der Waals surface area (Å²) in [5.74, 6) is 0.304. The second-order valence-electron chi connectivity index (χ2n) is 5.55. The number of carbonyl (C=O) groups is 1. The summed E-state index contributed by atoms with van der Waals surface area (Å²) < 4.78 is 5.31. The van der Waals surface area contributed by atoms with E-state index in [0.29, 0.717) is 15.7 Å². The fourth-order valence-corrected chi connectivity index (χ4v) is 3.55. The Hall–Kier alpha value is -2.18. The average Bonchev–Trinajstić information content (AvgIpc) is 2.85. The van der Waals surface area contributed by atoms with Crippen LogP contribution in [0, 0.1) is 6.92 Å². The summed E-state index contributed by atoms with van der Waals surface area (Å²) in [5, 5.41) is 4.69. The maximum absolute atomic E-state index is 12.3. The second-order valence-corrected chi connectivity index (χ2v) is 6.98. The maximum Gasteiger partial charge on any atom is 0.348 e. The van der Waals surface area contributed by atoms with Crippen LogP contribution < -0.4 is 5.32 Å². The van der Waals surface area contributed by atoms with Gasteiger partial charge in [0.25, 0.3) is 0 Å². The minimum absolute atomic E-state index is 0.169. The molecule has 0 spiro atoms. The van der Waals surface area contributed by atoms with Crippen LogP contribution in [-0.2, 0) is 4.74 Å². The summed E-state index contributed by atoms with van der Waals surface area (Å²) in [4.78, 5) is 22.1. The van der Waals surface area contributed by atoms with Gasteiger partial charge >= 0.3 is 5.97 Å². The van der Waals surface area contributed by atoms with Gasteiger partial charge in [-0.2, -0.15) is 0 Å². The number of halogens is 1. The number of aryl methyl sites for hydroxylation is 1. The Bertz CT molecular complexity index is 908. The van der Waals surface area contributed by atoms with Crippen molar-refractivity contribution in [1.82, 2.24) is 9.97 Å². The third-order valence-electron chi connectivity index (χ3n) is 3.34. The SMILES string of the molecule is Cc1c(C(=O)OC(C)C)sc2ncnc(Nc3cccc(Cl)c3)c12. The highest BCUT2D eigenvalue weighted by Crippen LogP contribution is 2.35. The lowest BCUT2D eigenvalue weighted by Crippen LogP contribution is -2.11. The lowest BCUT2D eigenvalue weighted by Gasteiger charge is -2.08. The van der Waals surface area contributed by atoms with Gasteiger partial charge < -0.3 is 10.1 Å². The molecular formula is C17H16ClN3O2S. The first-order valence-electron chi connectivity index (χ1n) is 7.43. The molecule has 5 nitrogen and oxygen atoms in total. The Labute approximate surface area is 148 Å². The Morgan fingerprint density at radius 3 is 2.83 bits per heavy atom. The number of anilines is 2. The molecule has 3 rings (SSSR count). The number of carbonyl (C=O) groups excluding carboxylic acids is 1. The van der Waals surface area contributed by atoms with Gasteiger partial charge in [-0.25, -0.2) is 14.8 Å². The van der Waals surface area contributed by atoms with Gasteiger partial charge in [0.05, 0.1) is 11.5 Å². The molecule has 0 aliphatic rings. The van der Waals surface area contributed by atoms with Crippen molar-refractivity contribution in [3.8, 4) is 0 Å². The highest BCUT2D eigenvalue weighted by Gasteiger charge is 2.21. The number of nitrogens with one attached hydrogen (secondary N) is 1. The number of fused-ring (bicyclic) bond motifs is 1. The Kier molecular flexibility index (Phi) is 4.69. The summed E-state index contributed by atoms with van der Waals surface area (Å²) in [5.41, 5.74) is 1.63. The Morgan fingerprint density at radius 2 is 2.12 bits per heavy atom. The fourth-order valence-electron chi connectivity index (χ4n) is 2.33. The van der Waals surface area contributed by atoms with Crippen molar-refractivity contribution in [3.05, 3.63) is 46.1 Å². The van der Waals surface area contributed by atoms with E-state index in [-0.39, 0.29) is 12.1 Å². The standard InChI is InChI=1S/C17H16ClN3O2S/c1-9(2)23-17(22)14-10(3)13-15(19-8-20-16(13)24-14)21-12-6-4-5-11(18)7-12/h4-9H,1-3H3,(H,19,20,21). The molecule has 0 aliphatic carbocycles. The predicted molar refractivity (Wildman–Crippen MR) is 97.4 cm³/mol. The molecule has 1 N–H and O–H groups in total. The van der Waals surface area contributed by atoms with Crippen LogP contribution in [0.25, 0.3) is 10.2 Å². The lowest BCUT2D eigenvalue weighted by atomic mass is 10.2. The van der Waals surface area contributed by atoms with E-state index in [1.54, 1.807) is 6.07 Å². The first-order chi connectivity index (χ1) is 11.5. The van der Waals surface area contributed by atoms with E-state index >= 15 is 0 Å². The minimum Gasteiger partial charge on any atom is -0.459 e. The van der Waals surface area contributed by atoms with Crippen molar-refractivity contribution in [2.75, 3.05) is 5.32 Å². The van der Waals surface area contributed by atoms with E-state index < -0.39 is 0 Å². The number of benzene rings is 1. The van der Waals surface area contributed by atoms with E-state index in [2.05, 4.69) is 15.3 Å². The van der Waals surface area contributed by atoms with Gasteiger partial charge in [0.15, 0.2) is 0 Å². The monoisotopic (exact) mass is 361 g/mol. The van der Waals surface area contributed by atoms with Crippen LogP contribution in [0.15, 0.2) is 30.6 Å². The molecule has 0 saturated heterocycles. The molecule has 124 valence electrons. The highest BCUT2D eigenvalue weighted by molar-refractivity contribution is 7.20. The predicted octanol–water partition coefficient (Wildman–Crippen LogP) is 4.96. The average molecular weight is 362 g/mol. The van der Waals surface area contributed by atoms with Crippen LogP contribution in [0.2, 0.25) is 5.02 Å². The summed E-state index contributed by atoms with van der Waals surface area (Å²) in [6.07, 6.45) is 1.31. The zero-order valence-corrected chi connectivity index (χ0v) is 15.0. The minimum atomic E-state index is -0.334. The van der Waals surface area contributed by atoms with Gasteiger partial charge in [-0.3, -0.25) is 0 Å². The number of hydrogen-bond acceptors (Lipinski definition) is 6. The van der Waals surface area contributed by atoms with Crippen molar-refractivity contribution >= 4 is 50.6 Å². The number of rotatable bonds is 4. The van der Waals surface area contributed by atoms with E-state index in [0.717, 1.165) is 21.5 Å². The fraction of sp³-hybridized carbons (Fsp3) is 0.235. The summed E-state index contributed by atoms with van der Waals surface area (Å²) in [6, 6.07) is 7.37. The lowest BCUT2D eigenvalue weighted by molar-refractivity contribution is 0.0383. The smallest absolute Gasteiger partial charge is 0.348 e. The Morgan fingerprint density at radius 1 is 1.33 bits per heavy atom. The van der Waals surface area contributed by atoms with Crippen molar-refractivity contribution < 1.29 is 9.53 Å². The molecule has 7 heteroatoms. The number of hydrogen-bond donors (Lipinski definition) is 1. The molecule has 0 aliphatic heterocycles. The zero-order valence-electron chi connectivity index (χ0n) is 13.5. The van der Waals surface area contributed by atoms with Crippen LogP contribution in [0.1, 0.15) is 29.1 Å². The molecule has 2 aromatic heterocycles. The van der Waals surface area contributed by atoms with Crippen LogP contribution in [-0.4, -0.2) is 22.0 Å². The van der Waals surface area contributed by atoms with Gasteiger partial charge in [-0.1, -0.05) is 17.7 Å². The summed E-state index contributed by atoms with van der Waals surface area (Å²) in [7, 11) is 0. The van der Waals surface area contributed by atoms with Crippen molar-refractivity contribution in [1.29, 1.82) is 0 Å². The molecule has 0 unspecified atom stereocenters. The molecule has 0 saturated carbocycles. The van der Waals surface area contributed by atoms with E-state index in [4.69, 9.17) is 16.3 Å². The highest BCUT2D eigenvalue weighted by atomic mass is 35.5. The molecule has 2 heterocycles. The van der Waals surface area contributed by atoms with E-state index in [1.165, 1.54) is 17.7 Å². The molecule has 24 heavy (non-hydrogen) atoms. The van der Waals surface area contributed by atoms with Crippen LogP contribution in [0.3, 0.4) is 0 Å². The molecule has 0 bridgehead atoms. The number of aromatic nitrogens is 2. The Balaban J connectivity index is 2.03. The molecule has 3 aromatic rings. The number of ether oxygens (including phenoxy) is 1. The van der Waals surface area contributed by atoms with Gasteiger partial charge in [0.2, 0.25) is 0 Å². The maximum atomic E-state index is 12.3. The quantitative estimate of drug-likeness (QED) is 0.665. The summed E-state index contributed by atoms with van der Waals surface area (Å²) in [6.45, 7) is 5.53. The first-order valence-corrected chi connectivity index (χ1v) is 8.63. The third-order valence-corrected chi connectivity index (χ3v) is 4.76. The molecule has 1 aromatic carbocycles. The molecule has 0 radical (unpaired) electrons. The summed E-state index contributed by atoms with van der Waals surface area (Å²) >= 11 is 7.33. The van der Waals surface area contributed by atoms with Crippen LogP contribution in [0.5, 0.6) is 0 Å². The van der Waals surface area contributed by atoms with Crippen molar-refractivity contribution in [2.45, 2.75) is 26.9 Å². The largest absolute Gasteiger partial charge is 0.459 e. The van der Waals surface area contributed by atoms with Gasteiger partial charge in [-0.15, -0.1) is 11.3 Å². The van der Waals surface area contributed by atoms with Crippen molar-refractivity contribution in [3.63, 3.8) is 0 Å². The van der Waals surface area contributed by atoms with E-state index in [9.17, 15) is 4.79 Å². The number of nitrogens with zero attached hydrogens (tertiary/aromatic N) is 2. The van der Waals surface area contributed by atoms with Gasteiger partial charge in [0.1, 0.15) is 21.9 Å². The van der Waals surface area contributed by atoms with Crippen molar-refractivity contribution in [2.24, 2.45) is 0 Å². The zero-order chi connectivity index (χ0) is 17.3. The first kappa shape index (κ1) is 16.7. The molecule has 0 fully saturated rings. The topological polar surface area (TPSA) is 64.1 Å². The molecule has 0 atom stereocenters. The van der Waals surface area contributed by atoms with E-state index in [1.807, 2.05) is 39.0 Å². The molecule has 0 amide bonds. The second kappa shape index (κ2) is 6.75. The number of esters is 1. The van der Waals surface area contributed by atoms with Crippen LogP contribution in [0.4, 0.5) is 11.5 Å². The van der Waals surface area contributed by atoms with Crippen LogP contribution >= 0.6 is 22.9 Å². The van der Waals surface area contributed by atoms with Gasteiger partial charge in [-0.05, 0) is 44.5 Å².